The van der Waals surface area contributed by atoms with E-state index >= 15 is 0 Å². The zero-order valence-corrected chi connectivity index (χ0v) is 21.9. The Balaban J connectivity index is 0.000000179. The molecule has 0 spiro atoms. The topological polar surface area (TPSA) is 116 Å². The second-order valence-electron chi connectivity index (χ2n) is 8.39. The summed E-state index contributed by atoms with van der Waals surface area (Å²) in [5.74, 6) is -0.550. The molecule has 0 saturated carbocycles. The molecule has 1 amide bonds. The number of primary amides is 1. The molecule has 9 nitrogen and oxygen atoms in total. The number of piperazine rings is 1. The number of nitrogens with two attached hydrogens (primary N) is 1. The van der Waals surface area contributed by atoms with Crippen molar-refractivity contribution >= 4 is 61.6 Å². The molecule has 188 valence electrons. The fourth-order valence-corrected chi connectivity index (χ4v) is 5.47. The largest absolute Gasteiger partial charge is 0.378 e. The van der Waals surface area contributed by atoms with Gasteiger partial charge in [-0.15, -0.1) is 11.3 Å². The molecule has 36 heavy (non-hydrogen) atoms. The number of thiazole rings is 1. The number of nitrogens with one attached hydrogen (secondary N) is 2. The summed E-state index contributed by atoms with van der Waals surface area (Å²) >= 11 is 3.02. The van der Waals surface area contributed by atoms with Gasteiger partial charge in [0, 0.05) is 72.9 Å². The lowest BCUT2D eigenvalue weighted by molar-refractivity contribution is 0.0996. The third-order valence-corrected chi connectivity index (χ3v) is 7.66. The lowest BCUT2D eigenvalue weighted by Gasteiger charge is -2.31. The van der Waals surface area contributed by atoms with Gasteiger partial charge >= 0.3 is 0 Å². The molecule has 11 heteroatoms. The second-order valence-corrected chi connectivity index (χ2v) is 10.4. The van der Waals surface area contributed by atoms with Crippen LogP contribution in [0.3, 0.4) is 0 Å². The average Bonchev–Trinajstić information content (AvgIpc) is 3.52. The van der Waals surface area contributed by atoms with E-state index < -0.39 is 5.91 Å². The van der Waals surface area contributed by atoms with Crippen molar-refractivity contribution in [2.24, 2.45) is 5.73 Å². The fourth-order valence-electron chi connectivity index (χ4n) is 3.76. The van der Waals surface area contributed by atoms with Crippen LogP contribution in [0, 0.1) is 0 Å². The highest BCUT2D eigenvalue weighted by Gasteiger charge is 2.15. The first-order chi connectivity index (χ1) is 17.4. The van der Waals surface area contributed by atoms with Crippen molar-refractivity contribution in [1.82, 2.24) is 19.8 Å². The molecule has 1 saturated heterocycles. The van der Waals surface area contributed by atoms with Gasteiger partial charge in [-0.1, -0.05) is 17.4 Å². The van der Waals surface area contributed by atoms with Crippen molar-refractivity contribution < 1.29 is 9.59 Å². The van der Waals surface area contributed by atoms with Crippen molar-refractivity contribution in [2.45, 2.75) is 6.54 Å². The number of pyridine rings is 1. The molecule has 0 atom stereocenters. The molecule has 0 unspecified atom stereocenters. The summed E-state index contributed by atoms with van der Waals surface area (Å²) < 4.78 is 0. The monoisotopic (exact) mass is 523 g/mol. The van der Waals surface area contributed by atoms with E-state index in [9.17, 15) is 9.59 Å². The summed E-state index contributed by atoms with van der Waals surface area (Å²) in [6, 6.07) is 11.7. The molecule has 1 aliphatic heterocycles. The molecule has 5 rings (SSSR count). The van der Waals surface area contributed by atoms with E-state index in [2.05, 4.69) is 37.4 Å². The molecule has 1 aliphatic rings. The highest BCUT2D eigenvalue weighted by Crippen LogP contribution is 2.30. The Morgan fingerprint density at radius 2 is 2.00 bits per heavy atom. The van der Waals surface area contributed by atoms with Gasteiger partial charge < -0.3 is 21.3 Å². The molecule has 4 N–H and O–H groups in total. The number of carbonyl (C=O) groups excluding carboxylic acids is 2. The maximum absolute atomic E-state index is 11.3. The number of amides is 1. The molecule has 4 heterocycles. The van der Waals surface area contributed by atoms with Gasteiger partial charge in [-0.25, -0.2) is 4.98 Å². The van der Waals surface area contributed by atoms with Crippen molar-refractivity contribution in [3.63, 3.8) is 0 Å². The highest BCUT2D eigenvalue weighted by atomic mass is 32.1. The van der Waals surface area contributed by atoms with Crippen molar-refractivity contribution in [2.75, 3.05) is 50.9 Å². The zero-order valence-electron chi connectivity index (χ0n) is 20.2. The summed E-state index contributed by atoms with van der Waals surface area (Å²) in [5, 5.41) is 10.3. The molecule has 3 aromatic heterocycles. The number of thiophene rings is 1. The number of aldehydes is 1. The van der Waals surface area contributed by atoms with Gasteiger partial charge in [-0.05, 0) is 37.4 Å². The Kier molecular flexibility index (Phi) is 8.60. The van der Waals surface area contributed by atoms with Crippen LogP contribution in [0.4, 0.5) is 15.8 Å². The predicted molar refractivity (Wildman–Crippen MR) is 148 cm³/mol. The summed E-state index contributed by atoms with van der Waals surface area (Å²) in [4.78, 5) is 36.4. The lowest BCUT2D eigenvalue weighted by Crippen LogP contribution is -2.43. The van der Waals surface area contributed by atoms with Gasteiger partial charge in [0.05, 0.1) is 5.52 Å². The molecular weight excluding hydrogens is 494 g/mol. The first-order valence-corrected chi connectivity index (χ1v) is 13.2. The Morgan fingerprint density at radius 1 is 1.19 bits per heavy atom. The molecule has 0 aliphatic carbocycles. The maximum Gasteiger partial charge on any atom is 0.270 e. The van der Waals surface area contributed by atoms with E-state index in [1.54, 1.807) is 24.6 Å². The zero-order chi connectivity index (χ0) is 25.5. The van der Waals surface area contributed by atoms with Gasteiger partial charge in [-0.3, -0.25) is 19.5 Å². The summed E-state index contributed by atoms with van der Waals surface area (Å²) in [7, 11) is 3.89. The second kappa shape index (κ2) is 12.0. The molecule has 1 aromatic carbocycles. The normalized spacial score (nSPS) is 14.2. The van der Waals surface area contributed by atoms with Gasteiger partial charge in [0.1, 0.15) is 5.00 Å². The van der Waals surface area contributed by atoms with Crippen molar-refractivity contribution in [1.29, 1.82) is 0 Å². The minimum atomic E-state index is -0.550. The van der Waals surface area contributed by atoms with Crippen molar-refractivity contribution in [3.05, 3.63) is 64.1 Å². The average molecular weight is 524 g/mol. The SMILES string of the molecule is CN1CCN(Cc2cc(C=O)cs2)CC1.CNc1sc(Nc2ccc3ncccc3c2)nc1C(N)=O. The van der Waals surface area contributed by atoms with E-state index in [1.807, 2.05) is 41.8 Å². The predicted octanol–water partition coefficient (Wildman–Crippen LogP) is 3.88. The van der Waals surface area contributed by atoms with E-state index in [0.717, 1.165) is 61.2 Å². The van der Waals surface area contributed by atoms with Crippen LogP contribution in [0.2, 0.25) is 0 Å². The van der Waals surface area contributed by atoms with Crippen LogP contribution < -0.4 is 16.4 Å². The summed E-state index contributed by atoms with van der Waals surface area (Å²) in [6.07, 6.45) is 2.68. The van der Waals surface area contributed by atoms with Crippen LogP contribution in [0.5, 0.6) is 0 Å². The number of nitrogens with zero attached hydrogens (tertiary/aromatic N) is 4. The van der Waals surface area contributed by atoms with Gasteiger partial charge in [0.25, 0.3) is 5.91 Å². The Labute approximate surface area is 218 Å². The minimum absolute atomic E-state index is 0.243. The number of carbonyl (C=O) groups is 2. The smallest absolute Gasteiger partial charge is 0.270 e. The molecule has 0 radical (unpaired) electrons. The minimum Gasteiger partial charge on any atom is -0.378 e. The molecule has 4 aromatic rings. The quantitative estimate of drug-likeness (QED) is 0.313. The first-order valence-electron chi connectivity index (χ1n) is 11.5. The number of hydrogen-bond donors (Lipinski definition) is 3. The van der Waals surface area contributed by atoms with Crippen LogP contribution >= 0.6 is 22.7 Å². The number of anilines is 3. The number of hydrogen-bond acceptors (Lipinski definition) is 10. The van der Waals surface area contributed by atoms with E-state index in [1.165, 1.54) is 16.2 Å². The van der Waals surface area contributed by atoms with Crippen molar-refractivity contribution in [3.8, 4) is 0 Å². The highest BCUT2D eigenvalue weighted by molar-refractivity contribution is 7.19. The van der Waals surface area contributed by atoms with Crippen LogP contribution in [-0.2, 0) is 6.54 Å². The van der Waals surface area contributed by atoms with E-state index in [0.29, 0.717) is 10.1 Å². The van der Waals surface area contributed by atoms with Crippen LogP contribution in [0.25, 0.3) is 10.9 Å². The first kappa shape index (κ1) is 25.7. The van der Waals surface area contributed by atoms with E-state index in [4.69, 9.17) is 5.73 Å². The van der Waals surface area contributed by atoms with Crippen LogP contribution in [0.15, 0.2) is 48.0 Å². The lowest BCUT2D eigenvalue weighted by atomic mass is 10.2. The van der Waals surface area contributed by atoms with Gasteiger partial charge in [-0.2, -0.15) is 0 Å². The Bertz CT molecular complexity index is 1330. The van der Waals surface area contributed by atoms with Crippen LogP contribution in [0.1, 0.15) is 25.7 Å². The number of fused-ring (bicyclic) bond motifs is 1. The summed E-state index contributed by atoms with van der Waals surface area (Å²) in [6.45, 7) is 5.54. The molecule has 0 bridgehead atoms. The number of benzene rings is 1. The third kappa shape index (κ3) is 6.64. The Hall–Kier alpha value is -3.38. The fraction of sp³-hybridized carbons (Fsp3) is 0.280. The summed E-state index contributed by atoms with van der Waals surface area (Å²) in [5.41, 5.74) is 8.16. The Morgan fingerprint density at radius 3 is 2.67 bits per heavy atom. The standard InChI is InChI=1S/C14H13N5OS.C11H16N2OS/c1-16-13-11(12(15)20)19-14(21-13)18-9-4-5-10-8(7-9)3-2-6-17-10;1-12-2-4-13(5-3-12)7-11-6-10(8-14)9-15-11/h2-7,16H,1H3,(H2,15,20)(H,18,19);6,8-9H,2-5,7H2,1H3. The third-order valence-electron chi connectivity index (χ3n) is 5.73. The maximum atomic E-state index is 11.3. The van der Waals surface area contributed by atoms with Crippen LogP contribution in [-0.4, -0.2) is 72.2 Å². The molecular formula is C25H29N7O2S2. The van der Waals surface area contributed by atoms with Gasteiger partial charge in [0.15, 0.2) is 17.1 Å². The van der Waals surface area contributed by atoms with Gasteiger partial charge in [0.2, 0.25) is 0 Å². The number of aromatic nitrogens is 2. The number of likely N-dealkylation sites (N-methyl/N-ethyl adjacent to an activating group) is 1. The van der Waals surface area contributed by atoms with E-state index in [-0.39, 0.29) is 5.69 Å². The molecule has 1 fully saturated rings. The number of rotatable bonds is 7.